The zero-order chi connectivity index (χ0) is 16.0. The largest absolute Gasteiger partial charge is 0.392 e. The second-order valence-electron chi connectivity index (χ2n) is 5.17. The number of benzene rings is 2. The Balaban J connectivity index is 2.20. The summed E-state index contributed by atoms with van der Waals surface area (Å²) in [6.45, 7) is -0.348. The summed E-state index contributed by atoms with van der Waals surface area (Å²) >= 11 is 0. The van der Waals surface area contributed by atoms with Gasteiger partial charge >= 0.3 is 0 Å². The minimum Gasteiger partial charge on any atom is -0.392 e. The first-order valence-electron chi connectivity index (χ1n) is 6.65. The molecule has 0 aromatic heterocycles. The van der Waals surface area contributed by atoms with E-state index in [0.29, 0.717) is 11.1 Å². The Morgan fingerprint density at radius 1 is 1.05 bits per heavy atom. The lowest BCUT2D eigenvalue weighted by molar-refractivity contribution is 0.280. The van der Waals surface area contributed by atoms with Crippen LogP contribution in [-0.2, 0) is 16.4 Å². The molecule has 0 fully saturated rings. The smallest absolute Gasteiger partial charge is 0.187 e. The van der Waals surface area contributed by atoms with Crippen molar-refractivity contribution < 1.29 is 22.6 Å². The number of hydrogen-bond acceptors (Lipinski definition) is 5. The highest BCUT2D eigenvalue weighted by molar-refractivity contribution is 8.25. The lowest BCUT2D eigenvalue weighted by Crippen LogP contribution is -2.16. The molecule has 1 aliphatic rings. The molecule has 5 nitrogen and oxygen atoms in total. The van der Waals surface area contributed by atoms with Crippen LogP contribution in [0.2, 0.25) is 0 Å². The van der Waals surface area contributed by atoms with Gasteiger partial charge in [0, 0.05) is 5.56 Å². The van der Waals surface area contributed by atoms with Crippen LogP contribution in [0.4, 0.5) is 0 Å². The van der Waals surface area contributed by atoms with Gasteiger partial charge in [-0.25, -0.2) is 8.42 Å². The molecule has 1 atom stereocenters. The monoisotopic (exact) mass is 340 g/mol. The molecule has 2 aromatic rings. The lowest BCUT2D eigenvalue weighted by Gasteiger charge is -2.27. The Hall–Kier alpha value is -1.38. The van der Waals surface area contributed by atoms with Crippen LogP contribution in [-0.4, -0.2) is 28.4 Å². The fraction of sp³-hybridized carbons (Fsp3) is 0.200. The highest BCUT2D eigenvalue weighted by Crippen LogP contribution is 2.62. The van der Waals surface area contributed by atoms with Gasteiger partial charge in [0.1, 0.15) is 5.25 Å². The molecule has 2 aromatic carbocycles. The number of sulfone groups is 1. The standard InChI is InChI=1S/C15H16O5S2/c16-9-11-5-4-8-13-15(11)14(10-21(13,17)18)22(19,20)12-6-2-1-3-7-12/h1-8,14,16-18H,9-10H2. The van der Waals surface area contributed by atoms with Crippen molar-refractivity contribution in [3.63, 3.8) is 0 Å². The first-order valence-corrected chi connectivity index (χ1v) is 9.91. The molecule has 0 amide bonds. The molecule has 118 valence electrons. The van der Waals surface area contributed by atoms with Gasteiger partial charge in [0.25, 0.3) is 0 Å². The van der Waals surface area contributed by atoms with Gasteiger partial charge in [-0.1, -0.05) is 30.3 Å². The molecule has 0 saturated carbocycles. The van der Waals surface area contributed by atoms with Crippen LogP contribution in [0.25, 0.3) is 0 Å². The van der Waals surface area contributed by atoms with Crippen LogP contribution in [0.15, 0.2) is 58.3 Å². The summed E-state index contributed by atoms with van der Waals surface area (Å²) in [4.78, 5) is 0.361. The van der Waals surface area contributed by atoms with E-state index in [2.05, 4.69) is 0 Å². The van der Waals surface area contributed by atoms with Gasteiger partial charge in [-0.3, -0.25) is 9.11 Å². The Labute approximate surface area is 130 Å². The van der Waals surface area contributed by atoms with E-state index >= 15 is 0 Å². The van der Waals surface area contributed by atoms with E-state index in [1.54, 1.807) is 30.3 Å². The van der Waals surface area contributed by atoms with E-state index in [9.17, 15) is 22.6 Å². The molecule has 3 rings (SSSR count). The number of aliphatic hydroxyl groups is 1. The van der Waals surface area contributed by atoms with Crippen molar-refractivity contribution in [2.45, 2.75) is 21.6 Å². The molecule has 0 saturated heterocycles. The van der Waals surface area contributed by atoms with Crippen LogP contribution in [0.1, 0.15) is 16.4 Å². The van der Waals surface area contributed by atoms with Gasteiger partial charge in [-0.2, -0.15) is 10.6 Å². The summed E-state index contributed by atoms with van der Waals surface area (Å²) in [6, 6.07) is 12.7. The average molecular weight is 340 g/mol. The number of aliphatic hydroxyl groups excluding tert-OH is 1. The van der Waals surface area contributed by atoms with E-state index < -0.39 is 25.7 Å². The first-order chi connectivity index (χ1) is 10.4. The zero-order valence-electron chi connectivity index (χ0n) is 11.6. The quantitative estimate of drug-likeness (QED) is 0.798. The zero-order valence-corrected chi connectivity index (χ0v) is 13.2. The molecule has 1 heterocycles. The predicted molar refractivity (Wildman–Crippen MR) is 84.7 cm³/mol. The molecule has 0 aliphatic carbocycles. The van der Waals surface area contributed by atoms with Gasteiger partial charge in [0.2, 0.25) is 0 Å². The molecule has 0 spiro atoms. The maximum Gasteiger partial charge on any atom is 0.187 e. The Morgan fingerprint density at radius 2 is 1.73 bits per heavy atom. The third kappa shape index (κ3) is 2.35. The van der Waals surface area contributed by atoms with Crippen LogP contribution in [0, 0.1) is 0 Å². The van der Waals surface area contributed by atoms with Gasteiger partial charge in [0.05, 0.1) is 22.2 Å². The van der Waals surface area contributed by atoms with Gasteiger partial charge in [0.15, 0.2) is 9.84 Å². The van der Waals surface area contributed by atoms with E-state index in [4.69, 9.17) is 0 Å². The SMILES string of the molecule is O=S(=O)(c1ccccc1)C1CS(O)(O)c2cccc(CO)c21. The van der Waals surface area contributed by atoms with Crippen LogP contribution < -0.4 is 0 Å². The van der Waals surface area contributed by atoms with Crippen molar-refractivity contribution in [2.24, 2.45) is 0 Å². The summed E-state index contributed by atoms with van der Waals surface area (Å²) in [5, 5.41) is 8.42. The molecular formula is C15H16O5S2. The number of fused-ring (bicyclic) bond motifs is 1. The third-order valence-corrected chi connectivity index (χ3v) is 7.98. The van der Waals surface area contributed by atoms with E-state index in [1.807, 2.05) is 0 Å². The highest BCUT2D eigenvalue weighted by atomic mass is 32.3. The van der Waals surface area contributed by atoms with Crippen molar-refractivity contribution in [3.8, 4) is 0 Å². The van der Waals surface area contributed by atoms with Gasteiger partial charge in [-0.05, 0) is 23.8 Å². The summed E-state index contributed by atoms with van der Waals surface area (Å²) in [5.41, 5.74) is 0.744. The topological polar surface area (TPSA) is 94.8 Å². The lowest BCUT2D eigenvalue weighted by atomic mass is 10.1. The average Bonchev–Trinajstić information content (AvgIpc) is 2.81. The molecular weight excluding hydrogens is 324 g/mol. The molecule has 22 heavy (non-hydrogen) atoms. The van der Waals surface area contributed by atoms with E-state index in [0.717, 1.165) is 0 Å². The summed E-state index contributed by atoms with van der Waals surface area (Å²) in [5.74, 6) is -0.267. The normalized spacial score (nSPS) is 21.3. The number of hydrogen-bond donors (Lipinski definition) is 3. The minimum atomic E-state index is -3.77. The van der Waals surface area contributed by atoms with Crippen LogP contribution in [0.5, 0.6) is 0 Å². The predicted octanol–water partition coefficient (Wildman–Crippen LogP) is 2.82. The summed E-state index contributed by atoms with van der Waals surface area (Å²) < 4.78 is 46.2. The van der Waals surface area contributed by atoms with E-state index in [-0.39, 0.29) is 22.2 Å². The van der Waals surface area contributed by atoms with Crippen molar-refractivity contribution in [1.29, 1.82) is 0 Å². The van der Waals surface area contributed by atoms with Gasteiger partial charge < -0.3 is 5.11 Å². The van der Waals surface area contributed by atoms with Crippen molar-refractivity contribution >= 4 is 20.4 Å². The van der Waals surface area contributed by atoms with E-state index in [1.165, 1.54) is 18.2 Å². The molecule has 1 aliphatic heterocycles. The summed E-state index contributed by atoms with van der Waals surface area (Å²) in [7, 11) is -6.93. The first kappa shape index (κ1) is 15.5. The number of rotatable bonds is 3. The highest BCUT2D eigenvalue weighted by Gasteiger charge is 2.44. The molecule has 0 bridgehead atoms. The Bertz CT molecular complexity index is 800. The van der Waals surface area contributed by atoms with Crippen LogP contribution in [0.3, 0.4) is 0 Å². The van der Waals surface area contributed by atoms with Crippen molar-refractivity contribution in [2.75, 3.05) is 5.75 Å². The third-order valence-electron chi connectivity index (χ3n) is 3.83. The second kappa shape index (κ2) is 5.36. The second-order valence-corrected chi connectivity index (χ2v) is 9.40. The molecule has 1 unspecified atom stereocenters. The maximum absolute atomic E-state index is 12.9. The molecule has 3 N–H and O–H groups in total. The summed E-state index contributed by atoms with van der Waals surface area (Å²) in [6.07, 6.45) is 0. The fourth-order valence-electron chi connectivity index (χ4n) is 2.78. The fourth-order valence-corrected chi connectivity index (χ4v) is 7.29. The van der Waals surface area contributed by atoms with Crippen molar-refractivity contribution in [1.82, 2.24) is 0 Å². The molecule has 7 heteroatoms. The minimum absolute atomic E-state index is 0.135. The molecule has 0 radical (unpaired) electrons. The Morgan fingerprint density at radius 3 is 2.36 bits per heavy atom. The van der Waals surface area contributed by atoms with Crippen LogP contribution >= 0.6 is 10.6 Å². The van der Waals surface area contributed by atoms with Gasteiger partial charge in [-0.15, -0.1) is 0 Å². The Kier molecular flexibility index (Phi) is 3.78. The maximum atomic E-state index is 12.9. The van der Waals surface area contributed by atoms with Crippen molar-refractivity contribution in [3.05, 3.63) is 59.7 Å².